The van der Waals surface area contributed by atoms with E-state index in [0.717, 1.165) is 5.56 Å². The van der Waals surface area contributed by atoms with Crippen molar-refractivity contribution in [3.05, 3.63) is 69.9 Å². The Labute approximate surface area is 155 Å². The van der Waals surface area contributed by atoms with Crippen LogP contribution in [0.25, 0.3) is 22.3 Å². The molecule has 0 aliphatic heterocycles. The Morgan fingerprint density at radius 2 is 1.81 bits per heavy atom. The molecule has 6 heteroatoms. The van der Waals surface area contributed by atoms with Crippen LogP contribution in [0.15, 0.2) is 57.7 Å². The summed E-state index contributed by atoms with van der Waals surface area (Å²) in [5, 5.41) is 2.99. The summed E-state index contributed by atoms with van der Waals surface area (Å²) in [6, 6.07) is 14.1. The van der Waals surface area contributed by atoms with Gasteiger partial charge >= 0.3 is 5.97 Å². The topological polar surface area (TPSA) is 85.6 Å². The van der Waals surface area contributed by atoms with Gasteiger partial charge in [0.1, 0.15) is 5.76 Å². The van der Waals surface area contributed by atoms with Gasteiger partial charge in [0.2, 0.25) is 0 Å². The first-order chi connectivity index (χ1) is 13.0. The fourth-order valence-electron chi connectivity index (χ4n) is 2.83. The van der Waals surface area contributed by atoms with Crippen molar-refractivity contribution in [1.29, 1.82) is 0 Å². The third-order valence-corrected chi connectivity index (χ3v) is 4.27. The fraction of sp³-hybridized carbons (Fsp3) is 0.190. The normalized spacial score (nSPS) is 10.6. The van der Waals surface area contributed by atoms with Gasteiger partial charge < -0.3 is 14.5 Å². The second-order valence-corrected chi connectivity index (χ2v) is 6.02. The molecule has 0 aliphatic carbocycles. The van der Waals surface area contributed by atoms with Crippen molar-refractivity contribution in [1.82, 2.24) is 5.32 Å². The number of rotatable bonds is 5. The Morgan fingerprint density at radius 1 is 1.07 bits per heavy atom. The van der Waals surface area contributed by atoms with Gasteiger partial charge in [-0.3, -0.25) is 14.4 Å². The molecule has 0 bridgehead atoms. The van der Waals surface area contributed by atoms with E-state index in [1.54, 1.807) is 25.1 Å². The average molecular weight is 365 g/mol. The van der Waals surface area contributed by atoms with Gasteiger partial charge in [-0.25, -0.2) is 0 Å². The van der Waals surface area contributed by atoms with Crippen LogP contribution >= 0.6 is 0 Å². The molecule has 27 heavy (non-hydrogen) atoms. The van der Waals surface area contributed by atoms with Crippen LogP contribution in [0.3, 0.4) is 0 Å². The van der Waals surface area contributed by atoms with Gasteiger partial charge in [0, 0.05) is 17.7 Å². The Balaban J connectivity index is 2.04. The van der Waals surface area contributed by atoms with E-state index in [1.165, 1.54) is 7.11 Å². The van der Waals surface area contributed by atoms with Crippen LogP contribution in [0.5, 0.6) is 0 Å². The summed E-state index contributed by atoms with van der Waals surface area (Å²) in [7, 11) is 1.29. The zero-order chi connectivity index (χ0) is 19.4. The molecule has 2 aromatic carbocycles. The highest BCUT2D eigenvalue weighted by atomic mass is 16.5. The number of carbonyl (C=O) groups is 2. The summed E-state index contributed by atoms with van der Waals surface area (Å²) in [6.45, 7) is 1.83. The van der Waals surface area contributed by atoms with Crippen molar-refractivity contribution >= 4 is 22.8 Å². The molecule has 0 spiro atoms. The van der Waals surface area contributed by atoms with Gasteiger partial charge in [0.25, 0.3) is 5.91 Å². The van der Waals surface area contributed by atoms with Crippen molar-refractivity contribution in [3.8, 4) is 11.3 Å². The van der Waals surface area contributed by atoms with Crippen LogP contribution in [-0.4, -0.2) is 25.5 Å². The van der Waals surface area contributed by atoms with Crippen LogP contribution in [0, 0.1) is 6.92 Å². The van der Waals surface area contributed by atoms with E-state index in [1.807, 2.05) is 30.3 Å². The molecule has 1 N–H and O–H groups in total. The lowest BCUT2D eigenvalue weighted by Crippen LogP contribution is -2.26. The van der Waals surface area contributed by atoms with E-state index in [0.29, 0.717) is 16.7 Å². The molecule has 1 amide bonds. The van der Waals surface area contributed by atoms with Crippen LogP contribution in [0.1, 0.15) is 22.3 Å². The molecular formula is C21H19NO5. The lowest BCUT2D eigenvalue weighted by Gasteiger charge is -2.10. The number of amides is 1. The lowest BCUT2D eigenvalue weighted by atomic mass is 10.0. The molecule has 0 saturated carbocycles. The van der Waals surface area contributed by atoms with Gasteiger partial charge in [-0.1, -0.05) is 36.4 Å². The number of carbonyl (C=O) groups excluding carboxylic acids is 2. The second kappa shape index (κ2) is 7.86. The maximum atomic E-state index is 12.8. The van der Waals surface area contributed by atoms with E-state index in [4.69, 9.17) is 4.42 Å². The molecule has 1 heterocycles. The number of methoxy groups -OCH3 is 1. The SMILES string of the molecule is COC(=O)CCNC(=O)c1cccc2c(=O)c(C)c(-c3ccccc3)oc12. The number of fused-ring (bicyclic) bond motifs is 1. The number of hydrogen-bond acceptors (Lipinski definition) is 5. The fourth-order valence-corrected chi connectivity index (χ4v) is 2.83. The van der Waals surface area contributed by atoms with Crippen LogP contribution in [0.2, 0.25) is 0 Å². The molecule has 0 saturated heterocycles. The van der Waals surface area contributed by atoms with Crippen molar-refractivity contribution in [2.75, 3.05) is 13.7 Å². The summed E-state index contributed by atoms with van der Waals surface area (Å²) in [4.78, 5) is 36.5. The Bertz CT molecular complexity index is 1050. The standard InChI is InChI=1S/C21H19NO5/c1-13-18(24)15-9-6-10-16(21(25)22-12-11-17(23)26-2)20(15)27-19(13)14-7-4-3-5-8-14/h3-10H,11-12H2,1-2H3,(H,22,25). The molecule has 0 fully saturated rings. The van der Waals surface area contributed by atoms with E-state index in [9.17, 15) is 14.4 Å². The highest BCUT2D eigenvalue weighted by Gasteiger charge is 2.18. The predicted molar refractivity (Wildman–Crippen MR) is 102 cm³/mol. The van der Waals surface area contributed by atoms with Crippen LogP contribution in [-0.2, 0) is 9.53 Å². The molecule has 0 unspecified atom stereocenters. The minimum atomic E-state index is -0.421. The maximum absolute atomic E-state index is 12.8. The summed E-state index contributed by atoms with van der Waals surface area (Å²) in [6.07, 6.45) is 0.0608. The monoisotopic (exact) mass is 365 g/mol. The molecule has 0 radical (unpaired) electrons. The average Bonchev–Trinajstić information content (AvgIpc) is 2.70. The first-order valence-corrected chi connectivity index (χ1v) is 8.49. The molecule has 6 nitrogen and oxygen atoms in total. The van der Waals surface area contributed by atoms with Crippen LogP contribution in [0.4, 0.5) is 0 Å². The number of benzene rings is 2. The van der Waals surface area contributed by atoms with Gasteiger partial charge in [-0.05, 0) is 19.1 Å². The highest BCUT2D eigenvalue weighted by Crippen LogP contribution is 2.27. The van der Waals surface area contributed by atoms with Gasteiger partial charge in [0.15, 0.2) is 11.0 Å². The van der Waals surface area contributed by atoms with Crippen molar-refractivity contribution in [3.63, 3.8) is 0 Å². The van der Waals surface area contributed by atoms with Gasteiger partial charge in [-0.2, -0.15) is 0 Å². The quantitative estimate of drug-likeness (QED) is 0.703. The lowest BCUT2D eigenvalue weighted by molar-refractivity contribution is -0.140. The summed E-state index contributed by atoms with van der Waals surface area (Å²) < 4.78 is 10.6. The number of esters is 1. The van der Waals surface area contributed by atoms with Crippen LogP contribution < -0.4 is 10.7 Å². The van der Waals surface area contributed by atoms with Gasteiger partial charge in [0.05, 0.1) is 24.5 Å². The Hall–Kier alpha value is -3.41. The summed E-state index contributed by atoms with van der Waals surface area (Å²) in [5.41, 5.74) is 1.53. The van der Waals surface area contributed by atoms with E-state index in [-0.39, 0.29) is 29.5 Å². The smallest absolute Gasteiger partial charge is 0.307 e. The molecular weight excluding hydrogens is 346 g/mol. The first kappa shape index (κ1) is 18.4. The summed E-state index contributed by atoms with van der Waals surface area (Å²) >= 11 is 0. The zero-order valence-corrected chi connectivity index (χ0v) is 15.1. The highest BCUT2D eigenvalue weighted by molar-refractivity contribution is 6.05. The summed E-state index contributed by atoms with van der Waals surface area (Å²) in [5.74, 6) is -0.403. The number of hydrogen-bond donors (Lipinski definition) is 1. The number of ether oxygens (including phenoxy) is 1. The Morgan fingerprint density at radius 3 is 2.52 bits per heavy atom. The number of para-hydroxylation sites is 1. The minimum absolute atomic E-state index is 0.0608. The maximum Gasteiger partial charge on any atom is 0.307 e. The minimum Gasteiger partial charge on any atom is -0.469 e. The molecule has 0 aliphatic rings. The second-order valence-electron chi connectivity index (χ2n) is 6.02. The largest absolute Gasteiger partial charge is 0.469 e. The zero-order valence-electron chi connectivity index (χ0n) is 15.1. The molecule has 3 aromatic rings. The molecule has 0 atom stereocenters. The van der Waals surface area contributed by atoms with E-state index >= 15 is 0 Å². The van der Waals surface area contributed by atoms with E-state index in [2.05, 4.69) is 10.1 Å². The third kappa shape index (κ3) is 3.74. The molecule has 1 aromatic heterocycles. The van der Waals surface area contributed by atoms with E-state index < -0.39 is 11.9 Å². The predicted octanol–water partition coefficient (Wildman–Crippen LogP) is 3.06. The van der Waals surface area contributed by atoms with Gasteiger partial charge in [-0.15, -0.1) is 0 Å². The molecule has 138 valence electrons. The van der Waals surface area contributed by atoms with Crippen molar-refractivity contribution in [2.24, 2.45) is 0 Å². The molecule has 3 rings (SSSR count). The van der Waals surface area contributed by atoms with Crippen molar-refractivity contribution < 1.29 is 18.7 Å². The van der Waals surface area contributed by atoms with Crippen molar-refractivity contribution in [2.45, 2.75) is 13.3 Å². The first-order valence-electron chi connectivity index (χ1n) is 8.49. The number of nitrogens with one attached hydrogen (secondary N) is 1. The Kier molecular flexibility index (Phi) is 5.35. The third-order valence-electron chi connectivity index (χ3n) is 4.27.